The molecule has 0 spiro atoms. The van der Waals surface area contributed by atoms with Crippen LogP contribution in [0.1, 0.15) is 29.6 Å². The van der Waals surface area contributed by atoms with E-state index in [9.17, 15) is 22.8 Å². The Morgan fingerprint density at radius 2 is 1.82 bits per heavy atom. The molecular weight excluding hydrogens is 390 g/mol. The van der Waals surface area contributed by atoms with Crippen LogP contribution in [0.15, 0.2) is 29.2 Å². The Morgan fingerprint density at radius 1 is 1.14 bits per heavy atom. The van der Waals surface area contributed by atoms with E-state index in [1.54, 1.807) is 6.07 Å². The minimum Gasteiger partial charge on any atom is -0.465 e. The lowest BCUT2D eigenvalue weighted by Gasteiger charge is -2.30. The number of piperidine rings is 1. The summed E-state index contributed by atoms with van der Waals surface area (Å²) >= 11 is 0. The van der Waals surface area contributed by atoms with Crippen LogP contribution in [0.4, 0.5) is 0 Å². The molecule has 1 atom stereocenters. The lowest BCUT2D eigenvalue weighted by molar-refractivity contribution is -0.164. The highest BCUT2D eigenvalue weighted by molar-refractivity contribution is 7.89. The van der Waals surface area contributed by atoms with Gasteiger partial charge in [0.15, 0.2) is 0 Å². The predicted octanol–water partition coefficient (Wildman–Crippen LogP) is 0.733. The summed E-state index contributed by atoms with van der Waals surface area (Å²) in [6.45, 7) is 0.437. The van der Waals surface area contributed by atoms with Gasteiger partial charge in [0.25, 0.3) is 0 Å². The molecule has 152 valence electrons. The molecule has 0 amide bonds. The number of carbonyl (C=O) groups is 3. The summed E-state index contributed by atoms with van der Waals surface area (Å²) in [5.74, 6) is -2.29. The quantitative estimate of drug-likeness (QED) is 0.514. The Kier molecular flexibility index (Phi) is 5.99. The highest BCUT2D eigenvalue weighted by Gasteiger charge is 2.37. The maximum Gasteiger partial charge on any atom is 0.347 e. The van der Waals surface area contributed by atoms with Gasteiger partial charge < -0.3 is 14.2 Å². The SMILES string of the molecule is COC(=O)c1ccccc1S(=O)(=O)N1CCC(C(=O)O[C@@H]2CCOC2=O)CC1. The van der Waals surface area contributed by atoms with Crippen LogP contribution >= 0.6 is 0 Å². The highest BCUT2D eigenvalue weighted by atomic mass is 32.2. The number of methoxy groups -OCH3 is 1. The molecule has 0 bridgehead atoms. The van der Waals surface area contributed by atoms with E-state index in [2.05, 4.69) is 4.74 Å². The lowest BCUT2D eigenvalue weighted by atomic mass is 9.98. The minimum atomic E-state index is -3.92. The first-order valence-corrected chi connectivity index (χ1v) is 10.3. The molecule has 1 aromatic carbocycles. The summed E-state index contributed by atoms with van der Waals surface area (Å²) in [5.41, 5.74) is -0.0359. The van der Waals surface area contributed by atoms with E-state index in [0.717, 1.165) is 0 Å². The number of ether oxygens (including phenoxy) is 3. The highest BCUT2D eigenvalue weighted by Crippen LogP contribution is 2.27. The molecule has 10 heteroatoms. The van der Waals surface area contributed by atoms with E-state index in [4.69, 9.17) is 9.47 Å². The molecule has 0 saturated carbocycles. The number of cyclic esters (lactones) is 1. The Balaban J connectivity index is 1.67. The van der Waals surface area contributed by atoms with Crippen molar-refractivity contribution in [2.24, 2.45) is 5.92 Å². The monoisotopic (exact) mass is 411 g/mol. The van der Waals surface area contributed by atoms with Crippen molar-refractivity contribution >= 4 is 27.9 Å². The van der Waals surface area contributed by atoms with Gasteiger partial charge in [-0.25, -0.2) is 18.0 Å². The van der Waals surface area contributed by atoms with Crippen LogP contribution < -0.4 is 0 Å². The summed E-state index contributed by atoms with van der Waals surface area (Å²) in [6.07, 6.45) is -0.0102. The molecule has 28 heavy (non-hydrogen) atoms. The van der Waals surface area contributed by atoms with Gasteiger partial charge in [-0.3, -0.25) is 4.79 Å². The molecule has 0 radical (unpaired) electrons. The fraction of sp³-hybridized carbons (Fsp3) is 0.500. The van der Waals surface area contributed by atoms with Gasteiger partial charge in [0, 0.05) is 19.5 Å². The molecule has 0 aliphatic carbocycles. The number of sulfonamides is 1. The van der Waals surface area contributed by atoms with Crippen LogP contribution in [0.25, 0.3) is 0 Å². The molecule has 2 heterocycles. The molecule has 1 aromatic rings. The third-order valence-corrected chi connectivity index (χ3v) is 6.80. The minimum absolute atomic E-state index is 0.0359. The summed E-state index contributed by atoms with van der Waals surface area (Å²) in [5, 5.41) is 0. The topological polar surface area (TPSA) is 116 Å². The lowest BCUT2D eigenvalue weighted by Crippen LogP contribution is -2.41. The molecule has 2 fully saturated rings. The van der Waals surface area contributed by atoms with Crippen LogP contribution in [-0.4, -0.2) is 63.5 Å². The van der Waals surface area contributed by atoms with Gasteiger partial charge in [-0.2, -0.15) is 4.31 Å². The third-order valence-electron chi connectivity index (χ3n) is 4.84. The van der Waals surface area contributed by atoms with Crippen molar-refractivity contribution in [3.63, 3.8) is 0 Å². The van der Waals surface area contributed by atoms with Gasteiger partial charge >= 0.3 is 17.9 Å². The number of carbonyl (C=O) groups excluding carboxylic acids is 3. The Morgan fingerprint density at radius 3 is 2.43 bits per heavy atom. The van der Waals surface area contributed by atoms with Gasteiger partial charge in [-0.05, 0) is 25.0 Å². The molecule has 3 rings (SSSR count). The van der Waals surface area contributed by atoms with Crippen molar-refractivity contribution in [3.05, 3.63) is 29.8 Å². The van der Waals surface area contributed by atoms with E-state index in [0.29, 0.717) is 6.42 Å². The fourth-order valence-electron chi connectivity index (χ4n) is 3.26. The molecule has 0 N–H and O–H groups in total. The van der Waals surface area contributed by atoms with E-state index < -0.39 is 40.0 Å². The molecule has 0 aromatic heterocycles. The normalized spacial score (nSPS) is 21.2. The molecule has 2 aliphatic heterocycles. The molecule has 2 saturated heterocycles. The maximum atomic E-state index is 13.0. The Labute approximate surface area is 162 Å². The van der Waals surface area contributed by atoms with Crippen molar-refractivity contribution < 1.29 is 37.0 Å². The van der Waals surface area contributed by atoms with Gasteiger partial charge in [0.05, 0.1) is 30.1 Å². The van der Waals surface area contributed by atoms with E-state index >= 15 is 0 Å². The van der Waals surface area contributed by atoms with Gasteiger partial charge in [0.1, 0.15) is 0 Å². The van der Waals surface area contributed by atoms with Crippen LogP contribution in [-0.2, 0) is 33.8 Å². The molecular formula is C18H21NO8S. The Bertz CT molecular complexity index is 873. The van der Waals surface area contributed by atoms with Gasteiger partial charge in [-0.15, -0.1) is 0 Å². The summed E-state index contributed by atoms with van der Waals surface area (Å²) in [6, 6.07) is 5.84. The largest absolute Gasteiger partial charge is 0.465 e. The van der Waals surface area contributed by atoms with Crippen LogP contribution in [0.5, 0.6) is 0 Å². The zero-order valence-corrected chi connectivity index (χ0v) is 16.1. The first-order valence-electron chi connectivity index (χ1n) is 8.89. The van der Waals surface area contributed by atoms with Crippen LogP contribution in [0.2, 0.25) is 0 Å². The second kappa shape index (κ2) is 8.27. The average molecular weight is 411 g/mol. The zero-order chi connectivity index (χ0) is 20.3. The number of hydrogen-bond acceptors (Lipinski definition) is 8. The number of esters is 3. The van der Waals surface area contributed by atoms with Gasteiger partial charge in [0.2, 0.25) is 16.1 Å². The van der Waals surface area contributed by atoms with Crippen molar-refractivity contribution in [2.75, 3.05) is 26.8 Å². The second-order valence-corrected chi connectivity index (χ2v) is 8.45. The first kappa shape index (κ1) is 20.3. The number of hydrogen-bond donors (Lipinski definition) is 0. The summed E-state index contributed by atoms with van der Waals surface area (Å²) in [7, 11) is -2.74. The van der Waals surface area contributed by atoms with Crippen molar-refractivity contribution in [1.29, 1.82) is 0 Å². The van der Waals surface area contributed by atoms with Crippen molar-refractivity contribution in [3.8, 4) is 0 Å². The van der Waals surface area contributed by atoms with Crippen LogP contribution in [0, 0.1) is 5.92 Å². The third kappa shape index (κ3) is 4.02. The summed E-state index contributed by atoms with van der Waals surface area (Å²) < 4.78 is 41.8. The standard InChI is InChI=1S/C18H21NO8S/c1-25-17(21)13-4-2-3-5-15(13)28(23,24)19-9-6-12(7-10-19)16(20)27-14-8-11-26-18(14)22/h2-5,12,14H,6-11H2,1H3/t14-/m1/s1. The number of benzene rings is 1. The Hall–Kier alpha value is -2.46. The first-order chi connectivity index (χ1) is 13.3. The second-order valence-electron chi connectivity index (χ2n) is 6.55. The fourth-order valence-corrected chi connectivity index (χ4v) is 4.91. The maximum absolute atomic E-state index is 13.0. The van der Waals surface area contributed by atoms with E-state index in [1.807, 2.05) is 0 Å². The zero-order valence-electron chi connectivity index (χ0n) is 15.3. The van der Waals surface area contributed by atoms with Gasteiger partial charge in [-0.1, -0.05) is 12.1 Å². The van der Waals surface area contributed by atoms with Crippen molar-refractivity contribution in [1.82, 2.24) is 4.31 Å². The summed E-state index contributed by atoms with van der Waals surface area (Å²) in [4.78, 5) is 35.4. The van der Waals surface area contributed by atoms with E-state index in [-0.39, 0.29) is 43.0 Å². The van der Waals surface area contributed by atoms with Crippen molar-refractivity contribution in [2.45, 2.75) is 30.3 Å². The van der Waals surface area contributed by atoms with Crippen LogP contribution in [0.3, 0.4) is 0 Å². The number of nitrogens with zero attached hydrogens (tertiary/aromatic N) is 1. The predicted molar refractivity (Wildman–Crippen MR) is 94.7 cm³/mol. The van der Waals surface area contributed by atoms with E-state index in [1.165, 1.54) is 29.6 Å². The molecule has 0 unspecified atom stereocenters. The number of rotatable bonds is 5. The average Bonchev–Trinajstić information content (AvgIpc) is 3.11. The molecule has 9 nitrogen and oxygen atoms in total. The molecule has 2 aliphatic rings. The smallest absolute Gasteiger partial charge is 0.347 e.